The minimum absolute atomic E-state index is 0.308. The molecular formula is C18H25F3N2O. The summed E-state index contributed by atoms with van der Waals surface area (Å²) in [5.41, 5.74) is -0.119. The molecule has 6 heteroatoms. The molecule has 2 fully saturated rings. The summed E-state index contributed by atoms with van der Waals surface area (Å²) >= 11 is 0. The van der Waals surface area contributed by atoms with Gasteiger partial charge in [-0.15, -0.1) is 0 Å². The van der Waals surface area contributed by atoms with Gasteiger partial charge >= 0.3 is 6.18 Å². The number of hydrogen-bond acceptors (Lipinski definition) is 3. The van der Waals surface area contributed by atoms with Gasteiger partial charge in [-0.2, -0.15) is 13.2 Å². The number of piperidine rings is 1. The van der Waals surface area contributed by atoms with Crippen LogP contribution in [-0.4, -0.2) is 43.3 Å². The molecular weight excluding hydrogens is 317 g/mol. The molecule has 1 aromatic carbocycles. The highest BCUT2D eigenvalue weighted by Gasteiger charge is 2.35. The molecule has 0 amide bonds. The Kier molecular flexibility index (Phi) is 5.79. The smallest absolute Gasteiger partial charge is 0.381 e. The molecule has 0 unspecified atom stereocenters. The van der Waals surface area contributed by atoms with Crippen LogP contribution in [0.3, 0.4) is 0 Å². The van der Waals surface area contributed by atoms with E-state index >= 15 is 0 Å². The first kappa shape index (κ1) is 17.7. The fourth-order valence-corrected chi connectivity index (χ4v) is 3.84. The van der Waals surface area contributed by atoms with Gasteiger partial charge < -0.3 is 10.1 Å². The molecule has 0 aliphatic carbocycles. The summed E-state index contributed by atoms with van der Waals surface area (Å²) in [5, 5.41) is 3.34. The van der Waals surface area contributed by atoms with Gasteiger partial charge in [0.05, 0.1) is 5.56 Å². The number of nitrogens with one attached hydrogen (secondary N) is 1. The Hall–Kier alpha value is -1.11. The lowest BCUT2D eigenvalue weighted by molar-refractivity contribution is -0.138. The Morgan fingerprint density at radius 1 is 1.00 bits per heavy atom. The van der Waals surface area contributed by atoms with Crippen LogP contribution >= 0.6 is 0 Å². The third kappa shape index (κ3) is 4.29. The van der Waals surface area contributed by atoms with Crippen LogP contribution in [0.5, 0.6) is 0 Å². The maximum atomic E-state index is 13.3. The van der Waals surface area contributed by atoms with Crippen molar-refractivity contribution >= 4 is 0 Å². The molecule has 0 radical (unpaired) electrons. The van der Waals surface area contributed by atoms with Crippen LogP contribution < -0.4 is 5.32 Å². The normalized spacial score (nSPS) is 21.3. The van der Waals surface area contributed by atoms with Crippen molar-refractivity contribution in [2.75, 3.05) is 26.3 Å². The van der Waals surface area contributed by atoms with Gasteiger partial charge in [0.1, 0.15) is 0 Å². The van der Waals surface area contributed by atoms with E-state index in [1.165, 1.54) is 12.1 Å². The van der Waals surface area contributed by atoms with Crippen molar-refractivity contribution in [3.63, 3.8) is 0 Å². The quantitative estimate of drug-likeness (QED) is 0.907. The molecule has 0 aromatic heterocycles. The van der Waals surface area contributed by atoms with Crippen LogP contribution in [0.15, 0.2) is 24.3 Å². The van der Waals surface area contributed by atoms with Gasteiger partial charge in [-0.25, -0.2) is 0 Å². The Labute approximate surface area is 141 Å². The van der Waals surface area contributed by atoms with E-state index in [2.05, 4.69) is 10.2 Å². The van der Waals surface area contributed by atoms with E-state index in [9.17, 15) is 13.2 Å². The maximum Gasteiger partial charge on any atom is 0.416 e. The summed E-state index contributed by atoms with van der Waals surface area (Å²) < 4.78 is 45.5. The van der Waals surface area contributed by atoms with E-state index in [4.69, 9.17) is 4.74 Å². The first-order valence-corrected chi connectivity index (χ1v) is 8.75. The molecule has 0 atom stereocenters. The molecule has 2 saturated heterocycles. The fraction of sp³-hybridized carbons (Fsp3) is 0.667. The summed E-state index contributed by atoms with van der Waals surface area (Å²) in [4.78, 5) is 2.31. The number of halogens is 3. The molecule has 3 nitrogen and oxygen atoms in total. The zero-order valence-corrected chi connectivity index (χ0v) is 13.8. The zero-order valence-electron chi connectivity index (χ0n) is 13.8. The van der Waals surface area contributed by atoms with Gasteiger partial charge in [-0.05, 0) is 50.4 Å². The molecule has 2 aliphatic heterocycles. The van der Waals surface area contributed by atoms with Crippen LogP contribution in [0.1, 0.15) is 36.8 Å². The van der Waals surface area contributed by atoms with Gasteiger partial charge in [0, 0.05) is 31.8 Å². The van der Waals surface area contributed by atoms with Crippen LogP contribution in [0.2, 0.25) is 0 Å². The van der Waals surface area contributed by atoms with Gasteiger partial charge in [-0.1, -0.05) is 18.2 Å². The van der Waals surface area contributed by atoms with E-state index < -0.39 is 11.7 Å². The van der Waals surface area contributed by atoms with Crippen molar-refractivity contribution < 1.29 is 17.9 Å². The fourth-order valence-electron chi connectivity index (χ4n) is 3.84. The Morgan fingerprint density at radius 3 is 2.29 bits per heavy atom. The number of alkyl halides is 3. The van der Waals surface area contributed by atoms with Crippen molar-refractivity contribution in [1.29, 1.82) is 0 Å². The lowest BCUT2D eigenvalue weighted by atomic mass is 9.96. The van der Waals surface area contributed by atoms with E-state index in [0.717, 1.165) is 38.8 Å². The highest BCUT2D eigenvalue weighted by atomic mass is 19.4. The van der Waals surface area contributed by atoms with Gasteiger partial charge in [0.25, 0.3) is 0 Å². The first-order chi connectivity index (χ1) is 11.6. The SMILES string of the molecule is FC(F)(F)c1ccccc1CN(C1CCNCC1)C1CCOCC1. The predicted octanol–water partition coefficient (Wildman–Crippen LogP) is 3.44. The molecule has 0 spiro atoms. The molecule has 3 rings (SSSR count). The number of hydrogen-bond donors (Lipinski definition) is 1. The number of rotatable bonds is 4. The average Bonchev–Trinajstić information content (AvgIpc) is 2.61. The second kappa shape index (κ2) is 7.85. The molecule has 0 bridgehead atoms. The zero-order chi connectivity index (χ0) is 17.0. The standard InChI is InChI=1S/C18H25F3N2O/c19-18(20,21)17-4-2-1-3-14(17)13-23(15-5-9-22-10-6-15)16-7-11-24-12-8-16/h1-4,15-16,22H,5-13H2. The molecule has 1 aromatic rings. The minimum atomic E-state index is -4.30. The van der Waals surface area contributed by atoms with Crippen molar-refractivity contribution in [3.05, 3.63) is 35.4 Å². The Balaban J connectivity index is 1.83. The van der Waals surface area contributed by atoms with Gasteiger partial charge in [-0.3, -0.25) is 4.90 Å². The van der Waals surface area contributed by atoms with Crippen molar-refractivity contribution in [1.82, 2.24) is 10.2 Å². The van der Waals surface area contributed by atoms with Crippen LogP contribution in [-0.2, 0) is 17.5 Å². The lowest BCUT2D eigenvalue weighted by Crippen LogP contribution is -2.49. The summed E-state index contributed by atoms with van der Waals surface area (Å²) in [6.07, 6.45) is -0.515. The van der Waals surface area contributed by atoms with Crippen molar-refractivity contribution in [2.24, 2.45) is 0 Å². The predicted molar refractivity (Wildman–Crippen MR) is 86.7 cm³/mol. The van der Waals surface area contributed by atoms with Gasteiger partial charge in [0.2, 0.25) is 0 Å². The molecule has 0 saturated carbocycles. The second-order valence-electron chi connectivity index (χ2n) is 6.65. The summed E-state index contributed by atoms with van der Waals surface area (Å²) in [5.74, 6) is 0. The molecule has 1 N–H and O–H groups in total. The van der Waals surface area contributed by atoms with E-state index in [1.54, 1.807) is 12.1 Å². The summed E-state index contributed by atoms with van der Waals surface area (Å²) in [7, 11) is 0. The highest BCUT2D eigenvalue weighted by molar-refractivity contribution is 5.29. The third-order valence-electron chi connectivity index (χ3n) is 5.11. The molecule has 134 valence electrons. The Morgan fingerprint density at radius 2 is 1.62 bits per heavy atom. The second-order valence-corrected chi connectivity index (χ2v) is 6.65. The molecule has 24 heavy (non-hydrogen) atoms. The maximum absolute atomic E-state index is 13.3. The van der Waals surface area contributed by atoms with E-state index in [-0.39, 0.29) is 0 Å². The number of benzene rings is 1. The average molecular weight is 342 g/mol. The number of nitrogens with zero attached hydrogens (tertiary/aromatic N) is 1. The first-order valence-electron chi connectivity index (χ1n) is 8.75. The third-order valence-corrected chi connectivity index (χ3v) is 5.11. The van der Waals surface area contributed by atoms with Crippen molar-refractivity contribution in [2.45, 2.75) is 50.5 Å². The molecule has 2 aliphatic rings. The summed E-state index contributed by atoms with van der Waals surface area (Å²) in [6.45, 7) is 3.64. The van der Waals surface area contributed by atoms with Gasteiger partial charge in [0.15, 0.2) is 0 Å². The van der Waals surface area contributed by atoms with Crippen LogP contribution in [0.25, 0.3) is 0 Å². The number of ether oxygens (including phenoxy) is 1. The minimum Gasteiger partial charge on any atom is -0.381 e. The van der Waals surface area contributed by atoms with Crippen LogP contribution in [0.4, 0.5) is 13.2 Å². The Bertz CT molecular complexity index is 505. The van der Waals surface area contributed by atoms with E-state index in [1.807, 2.05) is 0 Å². The molecule has 2 heterocycles. The van der Waals surface area contributed by atoms with Crippen LogP contribution in [0, 0.1) is 0 Å². The lowest BCUT2D eigenvalue weighted by Gasteiger charge is -2.42. The monoisotopic (exact) mass is 342 g/mol. The highest BCUT2D eigenvalue weighted by Crippen LogP contribution is 2.34. The summed E-state index contributed by atoms with van der Waals surface area (Å²) in [6, 6.07) is 6.64. The largest absolute Gasteiger partial charge is 0.416 e. The van der Waals surface area contributed by atoms with Crippen molar-refractivity contribution in [3.8, 4) is 0 Å². The topological polar surface area (TPSA) is 24.5 Å². The van der Waals surface area contributed by atoms with E-state index in [0.29, 0.717) is 37.4 Å².